The summed E-state index contributed by atoms with van der Waals surface area (Å²) in [4.78, 5) is 14.9. The Morgan fingerprint density at radius 2 is 2.08 bits per heavy atom. The molecule has 3 heterocycles. The molecule has 0 aliphatic carbocycles. The van der Waals surface area contributed by atoms with Crippen molar-refractivity contribution in [2.24, 2.45) is 0 Å². The van der Waals surface area contributed by atoms with Gasteiger partial charge in [0, 0.05) is 32.5 Å². The fraction of sp³-hybridized carbons (Fsp3) is 0.526. The van der Waals surface area contributed by atoms with Crippen molar-refractivity contribution < 1.29 is 13.9 Å². The molecule has 0 radical (unpaired) electrons. The quantitative estimate of drug-likeness (QED) is 0.817. The highest BCUT2D eigenvalue weighted by molar-refractivity contribution is 5.80. The number of carbonyl (C=O) groups excluding carboxylic acids is 1. The summed E-state index contributed by atoms with van der Waals surface area (Å²) in [7, 11) is 1.67. The van der Waals surface area contributed by atoms with Crippen molar-refractivity contribution in [1.29, 1.82) is 0 Å². The molecular weight excluding hydrogens is 335 g/mol. The van der Waals surface area contributed by atoms with Crippen molar-refractivity contribution in [3.8, 4) is 0 Å². The van der Waals surface area contributed by atoms with Crippen LogP contribution in [-0.4, -0.2) is 51.4 Å². The van der Waals surface area contributed by atoms with Crippen LogP contribution in [0.25, 0.3) is 0 Å². The van der Waals surface area contributed by atoms with Gasteiger partial charge in [-0.05, 0) is 24.5 Å². The van der Waals surface area contributed by atoms with Crippen molar-refractivity contribution >= 4 is 5.91 Å². The number of benzene rings is 1. The normalized spacial score (nSPS) is 21.5. The van der Waals surface area contributed by atoms with E-state index in [0.29, 0.717) is 31.6 Å². The minimum absolute atomic E-state index is 0.000228. The van der Waals surface area contributed by atoms with Crippen LogP contribution in [-0.2, 0) is 35.3 Å². The van der Waals surface area contributed by atoms with E-state index in [1.54, 1.807) is 25.3 Å². The zero-order chi connectivity index (χ0) is 18.1. The Hall–Kier alpha value is -2.28. The van der Waals surface area contributed by atoms with E-state index >= 15 is 0 Å². The number of ether oxygens (including phenoxy) is 1. The summed E-state index contributed by atoms with van der Waals surface area (Å²) in [5, 5.41) is 8.64. The molecule has 0 spiro atoms. The van der Waals surface area contributed by atoms with E-state index in [2.05, 4.69) is 14.8 Å². The van der Waals surface area contributed by atoms with Crippen LogP contribution in [0, 0.1) is 5.82 Å². The molecule has 1 amide bonds. The zero-order valence-electron chi connectivity index (χ0n) is 14.9. The number of hydrogen-bond acceptors (Lipinski definition) is 4. The van der Waals surface area contributed by atoms with E-state index in [9.17, 15) is 9.18 Å². The second-order valence-electron chi connectivity index (χ2n) is 7.04. The van der Waals surface area contributed by atoms with Crippen molar-refractivity contribution in [3.05, 3.63) is 47.3 Å². The summed E-state index contributed by atoms with van der Waals surface area (Å²) >= 11 is 0. The SMILES string of the molecule is COCCc1nnc2n1C[C@H]1CC[C@@H](C2)N1C(=O)Cc1ccccc1F. The van der Waals surface area contributed by atoms with Crippen LogP contribution in [0.5, 0.6) is 0 Å². The predicted molar refractivity (Wildman–Crippen MR) is 93.1 cm³/mol. The number of nitrogens with zero attached hydrogens (tertiary/aromatic N) is 4. The molecule has 2 aliphatic rings. The minimum atomic E-state index is -0.318. The lowest BCUT2D eigenvalue weighted by Gasteiger charge is -2.28. The number of rotatable bonds is 5. The molecule has 2 aliphatic heterocycles. The summed E-state index contributed by atoms with van der Waals surface area (Å²) in [6.45, 7) is 1.31. The first-order valence-corrected chi connectivity index (χ1v) is 9.12. The predicted octanol–water partition coefficient (Wildman–Crippen LogP) is 1.76. The van der Waals surface area contributed by atoms with E-state index in [1.807, 2.05) is 4.90 Å². The molecule has 1 aromatic heterocycles. The van der Waals surface area contributed by atoms with Crippen molar-refractivity contribution in [2.45, 2.75) is 50.7 Å². The molecule has 1 aromatic carbocycles. The van der Waals surface area contributed by atoms with Crippen LogP contribution in [0.15, 0.2) is 24.3 Å². The molecule has 2 bridgehead atoms. The summed E-state index contributed by atoms with van der Waals surface area (Å²) in [5.41, 5.74) is 0.460. The van der Waals surface area contributed by atoms with Crippen LogP contribution < -0.4 is 0 Å². The fourth-order valence-corrected chi connectivity index (χ4v) is 4.18. The molecule has 26 heavy (non-hydrogen) atoms. The van der Waals surface area contributed by atoms with Crippen LogP contribution in [0.1, 0.15) is 30.1 Å². The van der Waals surface area contributed by atoms with Gasteiger partial charge in [-0.3, -0.25) is 4.79 Å². The first-order chi connectivity index (χ1) is 12.7. The van der Waals surface area contributed by atoms with E-state index in [4.69, 9.17) is 4.74 Å². The lowest BCUT2D eigenvalue weighted by Crippen LogP contribution is -2.43. The number of amides is 1. The summed E-state index contributed by atoms with van der Waals surface area (Å²) < 4.78 is 21.2. The highest BCUT2D eigenvalue weighted by Gasteiger charge is 2.40. The van der Waals surface area contributed by atoms with E-state index in [-0.39, 0.29) is 30.2 Å². The van der Waals surface area contributed by atoms with Crippen molar-refractivity contribution in [1.82, 2.24) is 19.7 Å². The van der Waals surface area contributed by atoms with Gasteiger partial charge in [0.15, 0.2) is 0 Å². The topological polar surface area (TPSA) is 60.3 Å². The van der Waals surface area contributed by atoms with Gasteiger partial charge in [-0.2, -0.15) is 0 Å². The molecule has 0 saturated carbocycles. The maximum atomic E-state index is 13.9. The molecule has 1 saturated heterocycles. The summed E-state index contributed by atoms with van der Waals surface area (Å²) in [6, 6.07) is 6.75. The number of aromatic nitrogens is 3. The molecule has 138 valence electrons. The zero-order valence-corrected chi connectivity index (χ0v) is 14.9. The Balaban J connectivity index is 1.54. The van der Waals surface area contributed by atoms with Gasteiger partial charge in [0.25, 0.3) is 0 Å². The van der Waals surface area contributed by atoms with Gasteiger partial charge in [0.2, 0.25) is 5.91 Å². The second kappa shape index (κ2) is 7.15. The molecule has 6 nitrogen and oxygen atoms in total. The molecule has 0 unspecified atom stereocenters. The number of fused-ring (bicyclic) bond motifs is 3. The second-order valence-corrected chi connectivity index (χ2v) is 7.04. The van der Waals surface area contributed by atoms with Gasteiger partial charge in [-0.1, -0.05) is 18.2 Å². The third-order valence-corrected chi connectivity index (χ3v) is 5.45. The third kappa shape index (κ3) is 3.11. The van der Waals surface area contributed by atoms with Gasteiger partial charge in [0.1, 0.15) is 17.5 Å². The first-order valence-electron chi connectivity index (χ1n) is 9.12. The van der Waals surface area contributed by atoms with Gasteiger partial charge in [-0.15, -0.1) is 10.2 Å². The molecule has 4 rings (SSSR count). The number of methoxy groups -OCH3 is 1. The van der Waals surface area contributed by atoms with Gasteiger partial charge >= 0.3 is 0 Å². The largest absolute Gasteiger partial charge is 0.384 e. The molecule has 0 N–H and O–H groups in total. The Labute approximate surface area is 152 Å². The Kier molecular flexibility index (Phi) is 4.72. The van der Waals surface area contributed by atoms with Crippen LogP contribution in [0.2, 0.25) is 0 Å². The smallest absolute Gasteiger partial charge is 0.227 e. The molecule has 2 aromatic rings. The lowest BCUT2D eigenvalue weighted by molar-refractivity contribution is -0.133. The van der Waals surface area contributed by atoms with E-state index in [1.165, 1.54) is 6.07 Å². The first kappa shape index (κ1) is 17.1. The lowest BCUT2D eigenvalue weighted by atomic mass is 10.1. The van der Waals surface area contributed by atoms with Crippen molar-refractivity contribution in [3.63, 3.8) is 0 Å². The number of halogens is 1. The summed E-state index contributed by atoms with van der Waals surface area (Å²) in [5.74, 6) is 1.53. The highest BCUT2D eigenvalue weighted by Crippen LogP contribution is 2.32. The van der Waals surface area contributed by atoms with Gasteiger partial charge in [-0.25, -0.2) is 4.39 Å². The molecular formula is C19H23FN4O2. The Morgan fingerprint density at radius 1 is 1.27 bits per heavy atom. The monoisotopic (exact) mass is 358 g/mol. The number of carbonyl (C=O) groups is 1. The molecule has 1 fully saturated rings. The Bertz CT molecular complexity index is 807. The molecule has 2 atom stereocenters. The average Bonchev–Trinajstić information content (AvgIpc) is 3.14. The van der Waals surface area contributed by atoms with Crippen LogP contribution >= 0.6 is 0 Å². The minimum Gasteiger partial charge on any atom is -0.384 e. The highest BCUT2D eigenvalue weighted by atomic mass is 19.1. The standard InChI is InChI=1S/C19H23FN4O2/c1-26-9-8-17-21-22-18-11-14-6-7-15(12-23(17)18)24(14)19(25)10-13-4-2-3-5-16(13)20/h2-5,14-15H,6-12H2,1H3/t14-,15+/m0/s1. The van der Waals surface area contributed by atoms with Crippen LogP contribution in [0.3, 0.4) is 0 Å². The summed E-state index contributed by atoms with van der Waals surface area (Å²) in [6.07, 6.45) is 3.46. The molecule has 7 heteroatoms. The van der Waals surface area contributed by atoms with E-state index in [0.717, 1.165) is 24.5 Å². The average molecular weight is 358 g/mol. The maximum Gasteiger partial charge on any atom is 0.227 e. The third-order valence-electron chi connectivity index (χ3n) is 5.45. The maximum absolute atomic E-state index is 13.9. The van der Waals surface area contributed by atoms with Gasteiger partial charge in [0.05, 0.1) is 19.1 Å². The number of hydrogen-bond donors (Lipinski definition) is 0. The van der Waals surface area contributed by atoms with Crippen LogP contribution in [0.4, 0.5) is 4.39 Å². The van der Waals surface area contributed by atoms with E-state index < -0.39 is 0 Å². The van der Waals surface area contributed by atoms with Gasteiger partial charge < -0.3 is 14.2 Å². The van der Waals surface area contributed by atoms with Crippen molar-refractivity contribution in [2.75, 3.05) is 13.7 Å². The fourth-order valence-electron chi connectivity index (χ4n) is 4.18. The Morgan fingerprint density at radius 3 is 2.88 bits per heavy atom.